The topological polar surface area (TPSA) is 142 Å². The van der Waals surface area contributed by atoms with Crippen LogP contribution in [0.5, 0.6) is 0 Å². The van der Waals surface area contributed by atoms with E-state index in [9.17, 15) is 18.7 Å². The summed E-state index contributed by atoms with van der Waals surface area (Å²) in [6.45, 7) is 4.10. The molecule has 4 bridgehead atoms. The molecular weight excluding hydrogens is 458 g/mol. The highest BCUT2D eigenvalue weighted by Gasteiger charge is 2.52. The van der Waals surface area contributed by atoms with Crippen molar-refractivity contribution < 1.29 is 55.3 Å². The van der Waals surface area contributed by atoms with Gasteiger partial charge >= 0.3 is 27.6 Å². The molecule has 2 atom stereocenters. The fraction of sp³-hybridized carbons (Fsp3) is 0.882. The predicted molar refractivity (Wildman–Crippen MR) is 101 cm³/mol. The van der Waals surface area contributed by atoms with Crippen molar-refractivity contribution in [3.8, 4) is 0 Å². The van der Waals surface area contributed by atoms with Crippen molar-refractivity contribution in [1.29, 1.82) is 0 Å². The number of carbonyl (C=O) groups excluding carboxylic acids is 2. The minimum absolute atomic E-state index is 0.00137. The standard InChI is InChI=1S/C17H26O12P2/c1-12(14(18)22-4-16-6-24-30(20,25-7-16)26-8-16)3-13(2)15(19)23-5-17-9-27-31(21,28-10-17)29-11-17/h12-13H,3-11H2,1-2H3. The smallest absolute Gasteiger partial charge is 0.465 e. The van der Waals surface area contributed by atoms with Crippen LogP contribution in [-0.2, 0) is 55.3 Å². The quantitative estimate of drug-likeness (QED) is 0.368. The van der Waals surface area contributed by atoms with Crippen LogP contribution in [-0.4, -0.2) is 64.8 Å². The van der Waals surface area contributed by atoms with Crippen LogP contribution in [0.3, 0.4) is 0 Å². The first kappa shape index (κ1) is 23.3. The molecule has 176 valence electrons. The van der Waals surface area contributed by atoms with Crippen LogP contribution in [0.1, 0.15) is 20.3 Å². The fourth-order valence-electron chi connectivity index (χ4n) is 3.48. The normalized spacial score (nSPS) is 40.8. The second-order valence-corrected chi connectivity index (χ2v) is 12.1. The zero-order valence-electron chi connectivity index (χ0n) is 17.3. The summed E-state index contributed by atoms with van der Waals surface area (Å²) in [5.74, 6) is -2.05. The molecule has 6 heterocycles. The third-order valence-electron chi connectivity index (χ3n) is 5.73. The maximum absolute atomic E-state index is 12.4. The molecule has 6 saturated heterocycles. The number of fused-ring (bicyclic) bond motifs is 6. The van der Waals surface area contributed by atoms with E-state index in [0.717, 1.165) is 0 Å². The summed E-state index contributed by atoms with van der Waals surface area (Å²) in [6.07, 6.45) is 0.231. The molecule has 6 rings (SSSR count). The maximum atomic E-state index is 12.4. The van der Waals surface area contributed by atoms with E-state index in [4.69, 9.17) is 36.6 Å². The summed E-state index contributed by atoms with van der Waals surface area (Å²) >= 11 is 0. The molecular formula is C17H26O12P2. The Morgan fingerprint density at radius 1 is 0.710 bits per heavy atom. The highest BCUT2D eigenvalue weighted by atomic mass is 31.2. The lowest BCUT2D eigenvalue weighted by atomic mass is 9.92. The molecule has 0 radical (unpaired) electrons. The lowest BCUT2D eigenvalue weighted by Crippen LogP contribution is -2.48. The zero-order valence-corrected chi connectivity index (χ0v) is 19.1. The second-order valence-electron chi connectivity index (χ2n) is 8.79. The highest BCUT2D eigenvalue weighted by Crippen LogP contribution is 2.60. The van der Waals surface area contributed by atoms with Gasteiger partial charge in [0.15, 0.2) is 0 Å². The van der Waals surface area contributed by atoms with Crippen LogP contribution in [0.2, 0.25) is 0 Å². The molecule has 6 fully saturated rings. The van der Waals surface area contributed by atoms with E-state index < -0.39 is 50.2 Å². The van der Waals surface area contributed by atoms with E-state index >= 15 is 0 Å². The van der Waals surface area contributed by atoms with Crippen LogP contribution in [0.15, 0.2) is 0 Å². The van der Waals surface area contributed by atoms with Crippen molar-refractivity contribution in [3.63, 3.8) is 0 Å². The van der Waals surface area contributed by atoms with Gasteiger partial charge in [-0.3, -0.25) is 36.7 Å². The molecule has 0 N–H and O–H groups in total. The Morgan fingerprint density at radius 3 is 1.29 bits per heavy atom. The highest BCUT2D eigenvalue weighted by molar-refractivity contribution is 7.48. The Balaban J connectivity index is 1.19. The Kier molecular flexibility index (Phi) is 6.39. The zero-order chi connectivity index (χ0) is 22.3. The van der Waals surface area contributed by atoms with E-state index in [-0.39, 0.29) is 59.3 Å². The van der Waals surface area contributed by atoms with Crippen LogP contribution >= 0.6 is 15.6 Å². The average molecular weight is 484 g/mol. The van der Waals surface area contributed by atoms with Gasteiger partial charge in [-0.05, 0) is 6.42 Å². The Bertz CT molecular complexity index is 699. The lowest BCUT2D eigenvalue weighted by Gasteiger charge is -2.43. The number of phosphoric acid groups is 2. The Hall–Kier alpha value is -0.840. The van der Waals surface area contributed by atoms with Gasteiger partial charge in [0, 0.05) is 0 Å². The monoisotopic (exact) mass is 484 g/mol. The van der Waals surface area contributed by atoms with E-state index in [0.29, 0.717) is 0 Å². The van der Waals surface area contributed by atoms with Gasteiger partial charge in [0.2, 0.25) is 0 Å². The molecule has 0 amide bonds. The summed E-state index contributed by atoms with van der Waals surface area (Å²) in [5, 5.41) is 0. The van der Waals surface area contributed by atoms with Crippen molar-refractivity contribution in [1.82, 2.24) is 0 Å². The third-order valence-corrected chi connectivity index (χ3v) is 8.40. The summed E-state index contributed by atoms with van der Waals surface area (Å²) in [6, 6.07) is 0. The van der Waals surface area contributed by atoms with Crippen molar-refractivity contribution in [3.05, 3.63) is 0 Å². The minimum Gasteiger partial charge on any atom is -0.465 e. The number of ether oxygens (including phenoxy) is 2. The second kappa shape index (κ2) is 8.50. The van der Waals surface area contributed by atoms with Gasteiger partial charge in [-0.1, -0.05) is 13.8 Å². The molecule has 0 aromatic carbocycles. The van der Waals surface area contributed by atoms with Gasteiger partial charge in [-0.15, -0.1) is 0 Å². The van der Waals surface area contributed by atoms with Crippen molar-refractivity contribution in [2.45, 2.75) is 20.3 Å². The number of esters is 2. The first-order valence-electron chi connectivity index (χ1n) is 9.96. The van der Waals surface area contributed by atoms with Crippen molar-refractivity contribution in [2.24, 2.45) is 22.7 Å². The van der Waals surface area contributed by atoms with Crippen LogP contribution in [0.25, 0.3) is 0 Å². The number of carbonyl (C=O) groups is 2. The van der Waals surface area contributed by atoms with Crippen LogP contribution in [0.4, 0.5) is 0 Å². The summed E-state index contributed by atoms with van der Waals surface area (Å²) in [5.41, 5.74) is -1.36. The van der Waals surface area contributed by atoms with Gasteiger partial charge in [0.1, 0.15) is 13.2 Å². The number of hydrogen-bond acceptors (Lipinski definition) is 12. The van der Waals surface area contributed by atoms with Gasteiger partial charge in [-0.25, -0.2) is 9.13 Å². The van der Waals surface area contributed by atoms with E-state index in [1.807, 2.05) is 0 Å². The average Bonchev–Trinajstić information content (AvgIpc) is 2.78. The SMILES string of the molecule is CC(CC(C)C(=O)OCC12COP(=O)(OC1)OC2)C(=O)OCC12COP(=O)(OC1)OC2. The van der Waals surface area contributed by atoms with Gasteiger partial charge in [-0.2, -0.15) is 0 Å². The van der Waals surface area contributed by atoms with Crippen molar-refractivity contribution in [2.75, 3.05) is 52.9 Å². The predicted octanol–water partition coefficient (Wildman–Crippen LogP) is 2.08. The molecule has 0 spiro atoms. The summed E-state index contributed by atoms with van der Waals surface area (Å²) in [4.78, 5) is 24.8. The lowest BCUT2D eigenvalue weighted by molar-refractivity contribution is -0.166. The van der Waals surface area contributed by atoms with E-state index in [1.54, 1.807) is 13.8 Å². The summed E-state index contributed by atoms with van der Waals surface area (Å²) < 4.78 is 64.8. The van der Waals surface area contributed by atoms with E-state index in [1.165, 1.54) is 0 Å². The molecule has 2 unspecified atom stereocenters. The maximum Gasteiger partial charge on any atom is 0.474 e. The third kappa shape index (κ3) is 5.07. The van der Waals surface area contributed by atoms with Crippen molar-refractivity contribution >= 4 is 27.6 Å². The molecule has 12 nitrogen and oxygen atoms in total. The molecule has 0 aromatic heterocycles. The molecule has 31 heavy (non-hydrogen) atoms. The first-order chi connectivity index (χ1) is 14.6. The molecule has 0 saturated carbocycles. The molecule has 6 aliphatic heterocycles. The molecule has 0 aliphatic carbocycles. The summed E-state index contributed by atoms with van der Waals surface area (Å²) in [7, 11) is -6.84. The Labute approximate surface area is 179 Å². The van der Waals surface area contributed by atoms with Gasteiger partial charge in [0.25, 0.3) is 0 Å². The van der Waals surface area contributed by atoms with Gasteiger partial charge in [0.05, 0.1) is 62.3 Å². The van der Waals surface area contributed by atoms with Crippen LogP contribution < -0.4 is 0 Å². The molecule has 0 aromatic rings. The largest absolute Gasteiger partial charge is 0.474 e. The Morgan fingerprint density at radius 2 is 1.00 bits per heavy atom. The number of rotatable bonds is 8. The molecule has 14 heteroatoms. The fourth-order valence-corrected chi connectivity index (χ4v) is 6.51. The van der Waals surface area contributed by atoms with Gasteiger partial charge < -0.3 is 9.47 Å². The molecule has 6 aliphatic rings. The number of hydrogen-bond donors (Lipinski definition) is 0. The minimum atomic E-state index is -3.42. The van der Waals surface area contributed by atoms with Crippen LogP contribution in [0, 0.1) is 22.7 Å². The number of phosphoric ester groups is 2. The first-order valence-corrected chi connectivity index (χ1v) is 12.9. The van der Waals surface area contributed by atoms with E-state index in [2.05, 4.69) is 0 Å².